The lowest BCUT2D eigenvalue weighted by Crippen LogP contribution is -2.48. The van der Waals surface area contributed by atoms with Crippen LogP contribution in [0.2, 0.25) is 0 Å². The minimum absolute atomic E-state index is 0.120. The molecule has 2 aliphatic rings. The molecule has 0 saturated heterocycles. The van der Waals surface area contributed by atoms with E-state index in [1.54, 1.807) is 0 Å². The monoisotopic (exact) mass is 219 g/mol. The number of hydrogen-bond donors (Lipinski definition) is 2. The zero-order chi connectivity index (χ0) is 11.7. The second-order valence-corrected chi connectivity index (χ2v) is 4.05. The molecule has 3 N–H and O–H groups in total. The van der Waals surface area contributed by atoms with E-state index in [2.05, 4.69) is 34.4 Å². The molecule has 0 saturated carbocycles. The average molecular weight is 219 g/mol. The smallest absolute Gasteiger partial charge is 0.207 e. The van der Waals surface area contributed by atoms with Crippen molar-refractivity contribution >= 4 is 11.9 Å². The standard InChI is InChI=1S/C11H17N5/c1-7-5-4-6-9(7)16(3)11-14-8(2)13-10(12)15-11/h4,6,8H,5H2,1-3H3,(H3,12,13,14,15). The lowest BCUT2D eigenvalue weighted by atomic mass is 10.2. The van der Waals surface area contributed by atoms with E-state index in [4.69, 9.17) is 5.73 Å². The van der Waals surface area contributed by atoms with Crippen LogP contribution in [0.3, 0.4) is 0 Å². The first-order valence-corrected chi connectivity index (χ1v) is 5.36. The van der Waals surface area contributed by atoms with E-state index in [9.17, 15) is 0 Å². The van der Waals surface area contributed by atoms with Crippen LogP contribution in [0.15, 0.2) is 33.4 Å². The molecule has 0 bridgehead atoms. The molecule has 1 atom stereocenters. The third kappa shape index (κ3) is 1.93. The molecule has 0 spiro atoms. The molecule has 0 fully saturated rings. The molecule has 0 aromatic heterocycles. The quantitative estimate of drug-likeness (QED) is 0.684. The Bertz CT molecular complexity index is 416. The Morgan fingerprint density at radius 1 is 1.50 bits per heavy atom. The van der Waals surface area contributed by atoms with Crippen LogP contribution in [-0.2, 0) is 0 Å². The summed E-state index contributed by atoms with van der Waals surface area (Å²) >= 11 is 0. The van der Waals surface area contributed by atoms with Gasteiger partial charge in [-0.2, -0.15) is 0 Å². The van der Waals surface area contributed by atoms with Gasteiger partial charge in [0.1, 0.15) is 6.17 Å². The maximum atomic E-state index is 5.68. The number of nitrogens with two attached hydrogens (primary N) is 1. The normalized spacial score (nSPS) is 24.1. The molecular weight excluding hydrogens is 202 g/mol. The first-order chi connectivity index (χ1) is 7.58. The Labute approximate surface area is 95.4 Å². The first kappa shape index (κ1) is 10.7. The van der Waals surface area contributed by atoms with Gasteiger partial charge in [0.25, 0.3) is 0 Å². The van der Waals surface area contributed by atoms with E-state index in [1.165, 1.54) is 11.3 Å². The van der Waals surface area contributed by atoms with Gasteiger partial charge in [0.05, 0.1) is 0 Å². The molecule has 5 nitrogen and oxygen atoms in total. The van der Waals surface area contributed by atoms with Crippen LogP contribution in [0, 0.1) is 0 Å². The van der Waals surface area contributed by atoms with Crippen LogP contribution in [0.5, 0.6) is 0 Å². The lowest BCUT2D eigenvalue weighted by Gasteiger charge is -2.26. The summed E-state index contributed by atoms with van der Waals surface area (Å²) in [5.41, 5.74) is 8.19. The predicted octanol–water partition coefficient (Wildman–Crippen LogP) is 0.772. The highest BCUT2D eigenvalue weighted by Crippen LogP contribution is 2.21. The van der Waals surface area contributed by atoms with Crippen LogP contribution in [-0.4, -0.2) is 30.0 Å². The fourth-order valence-electron chi connectivity index (χ4n) is 1.86. The number of aliphatic imine (C=N–C) groups is 2. The number of allylic oxidation sites excluding steroid dienone is 3. The number of nitrogens with zero attached hydrogens (tertiary/aromatic N) is 3. The number of hydrogen-bond acceptors (Lipinski definition) is 5. The molecule has 0 radical (unpaired) electrons. The van der Waals surface area contributed by atoms with Gasteiger partial charge in [-0.05, 0) is 31.9 Å². The topological polar surface area (TPSA) is 66.0 Å². The van der Waals surface area contributed by atoms with Gasteiger partial charge in [-0.15, -0.1) is 0 Å². The van der Waals surface area contributed by atoms with Gasteiger partial charge in [0.15, 0.2) is 5.96 Å². The van der Waals surface area contributed by atoms with Crippen LogP contribution in [0.25, 0.3) is 0 Å². The summed E-state index contributed by atoms with van der Waals surface area (Å²) in [4.78, 5) is 10.5. The fourth-order valence-corrected chi connectivity index (χ4v) is 1.86. The lowest BCUT2D eigenvalue weighted by molar-refractivity contribution is 0.597. The number of guanidine groups is 2. The van der Waals surface area contributed by atoms with Crippen molar-refractivity contribution < 1.29 is 0 Å². The van der Waals surface area contributed by atoms with E-state index >= 15 is 0 Å². The second kappa shape index (κ2) is 4.00. The Balaban J connectivity index is 2.20. The summed E-state index contributed by atoms with van der Waals surface area (Å²) in [6.45, 7) is 4.03. The highest BCUT2D eigenvalue weighted by molar-refractivity contribution is 6.00. The van der Waals surface area contributed by atoms with Crippen molar-refractivity contribution in [2.75, 3.05) is 7.05 Å². The number of likely N-dealkylation sites (N-methyl/N-ethyl adjacent to an activating group) is 1. The van der Waals surface area contributed by atoms with Gasteiger partial charge >= 0.3 is 0 Å². The predicted molar refractivity (Wildman–Crippen MR) is 65.9 cm³/mol. The van der Waals surface area contributed by atoms with Crippen molar-refractivity contribution in [1.29, 1.82) is 0 Å². The zero-order valence-corrected chi connectivity index (χ0v) is 9.86. The largest absolute Gasteiger partial charge is 0.370 e. The van der Waals surface area contributed by atoms with E-state index < -0.39 is 0 Å². The number of nitrogens with one attached hydrogen (secondary N) is 1. The second-order valence-electron chi connectivity index (χ2n) is 4.05. The van der Waals surface area contributed by atoms with Crippen molar-refractivity contribution in [3.05, 3.63) is 23.4 Å². The summed E-state index contributed by atoms with van der Waals surface area (Å²) in [5, 5.41) is 2.98. The van der Waals surface area contributed by atoms with Crippen molar-refractivity contribution in [2.24, 2.45) is 15.7 Å². The molecule has 1 unspecified atom stereocenters. The minimum atomic E-state index is -0.120. The summed E-state index contributed by atoms with van der Waals surface area (Å²) in [6, 6.07) is 0. The molecule has 16 heavy (non-hydrogen) atoms. The fraction of sp³-hybridized carbons (Fsp3) is 0.455. The summed E-state index contributed by atoms with van der Waals surface area (Å²) in [7, 11) is 1.98. The summed E-state index contributed by atoms with van der Waals surface area (Å²) < 4.78 is 0. The van der Waals surface area contributed by atoms with Gasteiger partial charge < -0.3 is 10.6 Å². The van der Waals surface area contributed by atoms with Crippen molar-refractivity contribution in [3.63, 3.8) is 0 Å². The molecule has 1 aliphatic heterocycles. The third-order valence-corrected chi connectivity index (χ3v) is 2.69. The highest BCUT2D eigenvalue weighted by atomic mass is 15.4. The van der Waals surface area contributed by atoms with E-state index in [-0.39, 0.29) is 6.17 Å². The van der Waals surface area contributed by atoms with Crippen molar-refractivity contribution in [1.82, 2.24) is 10.2 Å². The molecular formula is C11H17N5. The van der Waals surface area contributed by atoms with E-state index in [0.717, 1.165) is 12.4 Å². The Hall–Kier alpha value is -1.78. The van der Waals surface area contributed by atoms with E-state index in [0.29, 0.717) is 5.96 Å². The molecule has 0 aromatic rings. The Morgan fingerprint density at radius 3 is 2.81 bits per heavy atom. The molecule has 2 rings (SSSR count). The van der Waals surface area contributed by atoms with Gasteiger partial charge in [-0.1, -0.05) is 6.08 Å². The van der Waals surface area contributed by atoms with E-state index in [1.807, 2.05) is 18.9 Å². The molecule has 0 aromatic carbocycles. The van der Waals surface area contributed by atoms with Crippen molar-refractivity contribution in [2.45, 2.75) is 26.4 Å². The van der Waals surface area contributed by atoms with Gasteiger partial charge in [0.2, 0.25) is 5.96 Å². The van der Waals surface area contributed by atoms with Gasteiger partial charge in [-0.25, -0.2) is 9.98 Å². The molecule has 0 amide bonds. The van der Waals surface area contributed by atoms with Crippen molar-refractivity contribution in [3.8, 4) is 0 Å². The summed E-state index contributed by atoms with van der Waals surface area (Å²) in [5.74, 6) is 1.17. The first-order valence-electron chi connectivity index (χ1n) is 5.36. The highest BCUT2D eigenvalue weighted by Gasteiger charge is 2.18. The van der Waals surface area contributed by atoms with Crippen LogP contribution in [0.1, 0.15) is 20.3 Å². The molecule has 1 aliphatic carbocycles. The maximum Gasteiger partial charge on any atom is 0.207 e. The number of rotatable bonds is 1. The third-order valence-electron chi connectivity index (χ3n) is 2.69. The SMILES string of the molecule is CC1=C(N(C)C2=NC(C)N=C(N)N2)C=CC1. The molecule has 86 valence electrons. The molecule has 1 heterocycles. The van der Waals surface area contributed by atoms with Crippen LogP contribution in [0.4, 0.5) is 0 Å². The molecule has 5 heteroatoms. The average Bonchev–Trinajstić information content (AvgIpc) is 2.62. The summed E-state index contributed by atoms with van der Waals surface area (Å²) in [6.07, 6.45) is 5.13. The van der Waals surface area contributed by atoms with Gasteiger partial charge in [0, 0.05) is 12.7 Å². The Kier molecular flexibility index (Phi) is 2.68. The Morgan fingerprint density at radius 2 is 2.25 bits per heavy atom. The maximum absolute atomic E-state index is 5.68. The minimum Gasteiger partial charge on any atom is -0.370 e. The van der Waals surface area contributed by atoms with Crippen LogP contribution >= 0.6 is 0 Å². The zero-order valence-electron chi connectivity index (χ0n) is 9.86. The van der Waals surface area contributed by atoms with Crippen LogP contribution < -0.4 is 11.1 Å². The van der Waals surface area contributed by atoms with Gasteiger partial charge in [-0.3, -0.25) is 5.32 Å².